The Labute approximate surface area is 69.0 Å². The van der Waals surface area contributed by atoms with Crippen LogP contribution in [0.2, 0.25) is 0 Å². The minimum absolute atomic E-state index is 0.220. The number of rotatable bonds is 4. The highest BCUT2D eigenvalue weighted by atomic mass is 16.3. The summed E-state index contributed by atoms with van der Waals surface area (Å²) in [6.07, 6.45) is -0.306. The number of hydrogen-bond donors (Lipinski definition) is 3. The third-order valence-electron chi connectivity index (χ3n) is 1.84. The minimum atomic E-state index is -0.306. The van der Waals surface area contributed by atoms with Crippen LogP contribution in [0.15, 0.2) is 0 Å². The monoisotopic (exact) mass is 160 g/mol. The van der Waals surface area contributed by atoms with Gasteiger partial charge in [0.25, 0.3) is 0 Å². The first kappa shape index (κ1) is 10.9. The number of aliphatic hydroxyl groups is 1. The van der Waals surface area contributed by atoms with Gasteiger partial charge >= 0.3 is 0 Å². The fourth-order valence-electron chi connectivity index (χ4n) is 0.610. The van der Waals surface area contributed by atoms with Crippen LogP contribution in [0.1, 0.15) is 27.7 Å². The van der Waals surface area contributed by atoms with Crippen molar-refractivity contribution in [1.29, 1.82) is 0 Å². The normalized spacial score (nSPS) is 18.0. The molecule has 0 radical (unpaired) electrons. The molecule has 0 aromatic heterocycles. The van der Waals surface area contributed by atoms with Crippen molar-refractivity contribution in [2.24, 2.45) is 5.73 Å². The van der Waals surface area contributed by atoms with Gasteiger partial charge in [-0.3, -0.25) is 0 Å². The molecule has 11 heavy (non-hydrogen) atoms. The number of aliphatic hydroxyl groups excluding tert-OH is 1. The lowest BCUT2D eigenvalue weighted by Crippen LogP contribution is -2.52. The fraction of sp³-hybridized carbons (Fsp3) is 1.00. The van der Waals surface area contributed by atoms with Gasteiger partial charge in [-0.15, -0.1) is 0 Å². The van der Waals surface area contributed by atoms with E-state index < -0.39 is 0 Å². The topological polar surface area (TPSA) is 58.3 Å². The zero-order valence-corrected chi connectivity index (χ0v) is 7.89. The summed E-state index contributed by atoms with van der Waals surface area (Å²) in [7, 11) is 0. The molecule has 0 aromatic rings. The van der Waals surface area contributed by atoms with Crippen molar-refractivity contribution in [3.8, 4) is 0 Å². The highest BCUT2D eigenvalue weighted by molar-refractivity contribution is 4.84. The van der Waals surface area contributed by atoms with Gasteiger partial charge in [0.1, 0.15) is 0 Å². The molecule has 0 saturated carbocycles. The van der Waals surface area contributed by atoms with Crippen molar-refractivity contribution < 1.29 is 5.11 Å². The van der Waals surface area contributed by atoms with Gasteiger partial charge < -0.3 is 16.2 Å². The molecule has 0 bridgehead atoms. The van der Waals surface area contributed by atoms with Crippen LogP contribution in [0.4, 0.5) is 0 Å². The Morgan fingerprint density at radius 1 is 1.45 bits per heavy atom. The first-order valence-corrected chi connectivity index (χ1v) is 4.04. The molecule has 0 aliphatic rings. The largest absolute Gasteiger partial charge is 0.392 e. The highest BCUT2D eigenvalue weighted by Gasteiger charge is 2.19. The van der Waals surface area contributed by atoms with Crippen molar-refractivity contribution in [2.75, 3.05) is 6.54 Å². The van der Waals surface area contributed by atoms with E-state index in [9.17, 15) is 0 Å². The first-order valence-electron chi connectivity index (χ1n) is 4.04. The number of nitrogens with one attached hydrogen (secondary N) is 1. The van der Waals surface area contributed by atoms with Crippen molar-refractivity contribution in [3.63, 3.8) is 0 Å². The Morgan fingerprint density at radius 3 is 2.18 bits per heavy atom. The van der Waals surface area contributed by atoms with Gasteiger partial charge in [0.2, 0.25) is 0 Å². The van der Waals surface area contributed by atoms with E-state index in [0.717, 1.165) is 0 Å². The van der Waals surface area contributed by atoms with Crippen LogP contribution in [-0.4, -0.2) is 29.3 Å². The van der Waals surface area contributed by atoms with E-state index in [1.165, 1.54) is 0 Å². The smallest absolute Gasteiger partial charge is 0.0636 e. The first-order chi connectivity index (χ1) is 4.84. The quantitative estimate of drug-likeness (QED) is 0.546. The van der Waals surface area contributed by atoms with Crippen molar-refractivity contribution >= 4 is 0 Å². The van der Waals surface area contributed by atoms with E-state index in [1.807, 2.05) is 20.8 Å². The van der Waals surface area contributed by atoms with Gasteiger partial charge in [0.05, 0.1) is 6.10 Å². The third-order valence-corrected chi connectivity index (χ3v) is 1.84. The number of hydrogen-bond acceptors (Lipinski definition) is 3. The van der Waals surface area contributed by atoms with E-state index in [2.05, 4.69) is 5.32 Å². The molecule has 3 nitrogen and oxygen atoms in total. The zero-order chi connectivity index (χ0) is 9.07. The molecular weight excluding hydrogens is 140 g/mol. The fourth-order valence-corrected chi connectivity index (χ4v) is 0.610. The van der Waals surface area contributed by atoms with Crippen molar-refractivity contribution in [3.05, 3.63) is 0 Å². The maximum Gasteiger partial charge on any atom is 0.0636 e. The second kappa shape index (κ2) is 4.04. The number of nitrogens with two attached hydrogens (primary N) is 1. The van der Waals surface area contributed by atoms with E-state index in [0.29, 0.717) is 6.54 Å². The van der Waals surface area contributed by atoms with Gasteiger partial charge in [-0.1, -0.05) is 0 Å². The van der Waals surface area contributed by atoms with Crippen LogP contribution in [0.25, 0.3) is 0 Å². The Kier molecular flexibility index (Phi) is 4.00. The molecule has 0 aromatic carbocycles. The molecule has 2 atom stereocenters. The molecule has 0 spiro atoms. The van der Waals surface area contributed by atoms with Crippen LogP contribution in [0, 0.1) is 0 Å². The molecule has 68 valence electrons. The standard InChI is InChI=1S/C8H20N2O/c1-6(11)5-10-7(2)8(3,4)9/h6-7,10-11H,5,9H2,1-4H3. The summed E-state index contributed by atoms with van der Waals surface area (Å²) in [5.41, 5.74) is 5.59. The van der Waals surface area contributed by atoms with Crippen molar-refractivity contribution in [1.82, 2.24) is 5.32 Å². The van der Waals surface area contributed by atoms with Gasteiger partial charge in [0.15, 0.2) is 0 Å². The Bertz CT molecular complexity index is 107. The van der Waals surface area contributed by atoms with E-state index >= 15 is 0 Å². The van der Waals surface area contributed by atoms with Crippen LogP contribution in [0.3, 0.4) is 0 Å². The average molecular weight is 160 g/mol. The molecule has 0 amide bonds. The molecule has 0 fully saturated rings. The van der Waals surface area contributed by atoms with Crippen molar-refractivity contribution in [2.45, 2.75) is 45.4 Å². The van der Waals surface area contributed by atoms with E-state index in [-0.39, 0.29) is 17.7 Å². The molecule has 0 heterocycles. The Hall–Kier alpha value is -0.120. The SMILES string of the molecule is CC(O)CNC(C)C(C)(C)N. The predicted octanol–water partition coefficient (Wildman–Crippen LogP) is 0.0826. The lowest BCUT2D eigenvalue weighted by Gasteiger charge is -2.28. The maximum atomic E-state index is 8.96. The molecule has 4 N–H and O–H groups in total. The summed E-state index contributed by atoms with van der Waals surface area (Å²) in [5, 5.41) is 12.1. The summed E-state index contributed by atoms with van der Waals surface area (Å²) < 4.78 is 0. The second-order valence-corrected chi connectivity index (χ2v) is 3.80. The van der Waals surface area contributed by atoms with Crippen LogP contribution in [-0.2, 0) is 0 Å². The van der Waals surface area contributed by atoms with Crippen LogP contribution < -0.4 is 11.1 Å². The summed E-state index contributed by atoms with van der Waals surface area (Å²) in [4.78, 5) is 0. The average Bonchev–Trinajstić information content (AvgIpc) is 1.80. The summed E-state index contributed by atoms with van der Waals surface area (Å²) >= 11 is 0. The lowest BCUT2D eigenvalue weighted by molar-refractivity contribution is 0.180. The summed E-state index contributed by atoms with van der Waals surface area (Å²) in [5.74, 6) is 0. The second-order valence-electron chi connectivity index (χ2n) is 3.80. The van der Waals surface area contributed by atoms with E-state index in [4.69, 9.17) is 10.8 Å². The maximum absolute atomic E-state index is 8.96. The van der Waals surface area contributed by atoms with Gasteiger partial charge in [-0.25, -0.2) is 0 Å². The third kappa shape index (κ3) is 5.18. The zero-order valence-electron chi connectivity index (χ0n) is 7.89. The molecule has 0 saturated heterocycles. The van der Waals surface area contributed by atoms with E-state index in [1.54, 1.807) is 6.92 Å². The highest BCUT2D eigenvalue weighted by Crippen LogP contribution is 2.03. The van der Waals surface area contributed by atoms with Crippen LogP contribution >= 0.6 is 0 Å². The predicted molar refractivity (Wildman–Crippen MR) is 47.4 cm³/mol. The summed E-state index contributed by atoms with van der Waals surface area (Å²) in [6.45, 7) is 8.30. The molecule has 3 heteroatoms. The molecule has 0 rings (SSSR count). The minimum Gasteiger partial charge on any atom is -0.392 e. The van der Waals surface area contributed by atoms with Gasteiger partial charge in [-0.05, 0) is 27.7 Å². The van der Waals surface area contributed by atoms with Gasteiger partial charge in [-0.2, -0.15) is 0 Å². The summed E-state index contributed by atoms with van der Waals surface area (Å²) in [6, 6.07) is 0.220. The molecular formula is C8H20N2O. The Morgan fingerprint density at radius 2 is 1.91 bits per heavy atom. The van der Waals surface area contributed by atoms with Gasteiger partial charge in [0, 0.05) is 18.1 Å². The molecule has 2 unspecified atom stereocenters. The molecule has 0 aliphatic carbocycles. The lowest BCUT2D eigenvalue weighted by atomic mass is 9.98. The molecule has 0 aliphatic heterocycles. The van der Waals surface area contributed by atoms with Crippen LogP contribution in [0.5, 0.6) is 0 Å². The Balaban J connectivity index is 3.61.